The molecule has 34 heavy (non-hydrogen) atoms. The van der Waals surface area contributed by atoms with Crippen molar-refractivity contribution in [2.75, 3.05) is 6.61 Å². The molecule has 1 amide bonds. The van der Waals surface area contributed by atoms with Crippen LogP contribution in [0, 0.1) is 0 Å². The number of hydrogen-bond acceptors (Lipinski definition) is 3. The van der Waals surface area contributed by atoms with Crippen LogP contribution >= 0.6 is 0 Å². The molecule has 4 heteroatoms. The molecule has 0 aliphatic carbocycles. The van der Waals surface area contributed by atoms with E-state index in [1.807, 2.05) is 121 Å². The molecule has 0 aliphatic rings. The van der Waals surface area contributed by atoms with Gasteiger partial charge in [0.05, 0.1) is 0 Å². The number of amides is 1. The Kier molecular flexibility index (Phi) is 7.86. The molecule has 4 nitrogen and oxygen atoms in total. The monoisotopic (exact) mass is 449 g/mol. The van der Waals surface area contributed by atoms with Crippen molar-refractivity contribution in [3.05, 3.63) is 144 Å². The first-order valence-electron chi connectivity index (χ1n) is 11.3. The van der Waals surface area contributed by atoms with E-state index in [2.05, 4.69) is 0 Å². The van der Waals surface area contributed by atoms with Gasteiger partial charge < -0.3 is 9.64 Å². The van der Waals surface area contributed by atoms with Crippen molar-refractivity contribution in [2.24, 2.45) is 0 Å². The lowest BCUT2D eigenvalue weighted by atomic mass is 9.91. The predicted molar refractivity (Wildman–Crippen MR) is 133 cm³/mol. The molecule has 0 atom stereocenters. The second kappa shape index (κ2) is 11.6. The largest absolute Gasteiger partial charge is 0.455 e. The highest BCUT2D eigenvalue weighted by molar-refractivity contribution is 5.85. The van der Waals surface area contributed by atoms with Crippen molar-refractivity contribution < 1.29 is 14.3 Å². The van der Waals surface area contributed by atoms with E-state index in [0.29, 0.717) is 13.1 Å². The molecule has 4 aromatic rings. The first-order valence-corrected chi connectivity index (χ1v) is 11.3. The van der Waals surface area contributed by atoms with Crippen LogP contribution in [0.25, 0.3) is 0 Å². The molecule has 0 saturated heterocycles. The lowest BCUT2D eigenvalue weighted by Gasteiger charge is -2.24. The third kappa shape index (κ3) is 6.20. The topological polar surface area (TPSA) is 46.6 Å². The van der Waals surface area contributed by atoms with Gasteiger partial charge in [-0.1, -0.05) is 121 Å². The fraction of sp³-hybridized carbons (Fsp3) is 0.133. The van der Waals surface area contributed by atoms with Crippen LogP contribution < -0.4 is 0 Å². The zero-order valence-electron chi connectivity index (χ0n) is 18.9. The van der Waals surface area contributed by atoms with E-state index in [1.54, 1.807) is 4.90 Å². The van der Waals surface area contributed by atoms with Crippen LogP contribution in [-0.2, 0) is 27.4 Å². The van der Waals surface area contributed by atoms with Crippen molar-refractivity contribution >= 4 is 11.9 Å². The fourth-order valence-electron chi connectivity index (χ4n) is 3.90. The standard InChI is InChI=1S/C30H27NO3/c32-28(31(21-24-13-5-1-6-14-24)22-25-15-7-2-8-16-25)23-34-30(33)29(26-17-9-3-10-18-26)27-19-11-4-12-20-27/h1-20,29H,21-23H2. The third-order valence-corrected chi connectivity index (χ3v) is 5.62. The van der Waals surface area contributed by atoms with Gasteiger partial charge in [0.25, 0.3) is 5.91 Å². The number of benzene rings is 4. The van der Waals surface area contributed by atoms with Gasteiger partial charge in [-0.3, -0.25) is 9.59 Å². The maximum Gasteiger partial charge on any atom is 0.318 e. The molecule has 0 heterocycles. The summed E-state index contributed by atoms with van der Waals surface area (Å²) >= 11 is 0. The average molecular weight is 450 g/mol. The highest BCUT2D eigenvalue weighted by Gasteiger charge is 2.26. The molecular weight excluding hydrogens is 422 g/mol. The number of ether oxygens (including phenoxy) is 1. The molecule has 0 unspecified atom stereocenters. The Morgan fingerprint density at radius 3 is 1.38 bits per heavy atom. The fourth-order valence-corrected chi connectivity index (χ4v) is 3.90. The lowest BCUT2D eigenvalue weighted by molar-refractivity contribution is -0.153. The van der Waals surface area contributed by atoms with E-state index >= 15 is 0 Å². The Morgan fingerprint density at radius 2 is 0.971 bits per heavy atom. The maximum atomic E-state index is 13.2. The van der Waals surface area contributed by atoms with Crippen LogP contribution in [-0.4, -0.2) is 23.4 Å². The van der Waals surface area contributed by atoms with E-state index in [1.165, 1.54) is 0 Å². The number of hydrogen-bond donors (Lipinski definition) is 0. The maximum absolute atomic E-state index is 13.2. The van der Waals surface area contributed by atoms with Crippen molar-refractivity contribution in [3.8, 4) is 0 Å². The summed E-state index contributed by atoms with van der Waals surface area (Å²) < 4.78 is 5.60. The molecule has 4 aromatic carbocycles. The minimum atomic E-state index is -0.591. The van der Waals surface area contributed by atoms with Crippen molar-refractivity contribution in [1.29, 1.82) is 0 Å². The zero-order valence-corrected chi connectivity index (χ0v) is 18.9. The van der Waals surface area contributed by atoms with Crippen molar-refractivity contribution in [2.45, 2.75) is 19.0 Å². The minimum absolute atomic E-state index is 0.235. The van der Waals surface area contributed by atoms with Crippen molar-refractivity contribution in [1.82, 2.24) is 4.90 Å². The molecule has 0 aromatic heterocycles. The summed E-state index contributed by atoms with van der Waals surface area (Å²) in [5.41, 5.74) is 3.70. The van der Waals surface area contributed by atoms with Crippen LogP contribution in [0.4, 0.5) is 0 Å². The number of carbonyl (C=O) groups is 2. The number of rotatable bonds is 9. The van der Waals surface area contributed by atoms with Gasteiger partial charge in [-0.25, -0.2) is 0 Å². The van der Waals surface area contributed by atoms with E-state index < -0.39 is 11.9 Å². The quantitative estimate of drug-likeness (QED) is 0.313. The zero-order chi connectivity index (χ0) is 23.6. The predicted octanol–water partition coefficient (Wildman–Crippen LogP) is 5.59. The highest BCUT2D eigenvalue weighted by Crippen LogP contribution is 2.26. The van der Waals surface area contributed by atoms with Gasteiger partial charge in [-0.05, 0) is 22.3 Å². The molecule has 0 bridgehead atoms. The van der Waals surface area contributed by atoms with Gasteiger partial charge in [0, 0.05) is 13.1 Å². The summed E-state index contributed by atoms with van der Waals surface area (Å²) in [5.74, 6) is -1.27. The van der Waals surface area contributed by atoms with E-state index in [4.69, 9.17) is 4.74 Å². The second-order valence-electron chi connectivity index (χ2n) is 8.08. The van der Waals surface area contributed by atoms with Crippen LogP contribution in [0.1, 0.15) is 28.2 Å². The Labute approximate surface area is 200 Å². The first-order chi connectivity index (χ1) is 16.7. The van der Waals surface area contributed by atoms with Gasteiger partial charge in [-0.2, -0.15) is 0 Å². The Balaban J connectivity index is 1.49. The molecule has 4 rings (SSSR count). The summed E-state index contributed by atoms with van der Waals surface area (Å²) in [5, 5.41) is 0. The molecule has 0 aliphatic heterocycles. The summed E-state index contributed by atoms with van der Waals surface area (Å²) in [6.45, 7) is 0.564. The summed E-state index contributed by atoms with van der Waals surface area (Å²) in [4.78, 5) is 28.1. The van der Waals surface area contributed by atoms with Crippen LogP contribution in [0.5, 0.6) is 0 Å². The van der Waals surface area contributed by atoms with Gasteiger partial charge >= 0.3 is 5.97 Å². The second-order valence-corrected chi connectivity index (χ2v) is 8.08. The molecular formula is C30H27NO3. The Bertz CT molecular complexity index is 1100. The molecule has 0 radical (unpaired) electrons. The smallest absolute Gasteiger partial charge is 0.318 e. The van der Waals surface area contributed by atoms with Crippen LogP contribution in [0.2, 0.25) is 0 Å². The molecule has 0 spiro atoms. The van der Waals surface area contributed by atoms with Crippen molar-refractivity contribution in [3.63, 3.8) is 0 Å². The third-order valence-electron chi connectivity index (χ3n) is 5.62. The number of esters is 1. The van der Waals surface area contributed by atoms with Gasteiger partial charge in [0.15, 0.2) is 6.61 Å². The average Bonchev–Trinajstić information content (AvgIpc) is 2.89. The van der Waals surface area contributed by atoms with Gasteiger partial charge in [-0.15, -0.1) is 0 Å². The summed E-state index contributed by atoms with van der Waals surface area (Å²) in [6, 6.07) is 38.6. The first kappa shape index (κ1) is 23.0. The van der Waals surface area contributed by atoms with E-state index in [0.717, 1.165) is 22.3 Å². The van der Waals surface area contributed by atoms with Crippen LogP contribution in [0.3, 0.4) is 0 Å². The minimum Gasteiger partial charge on any atom is -0.455 e. The summed E-state index contributed by atoms with van der Waals surface area (Å²) in [7, 11) is 0. The van der Waals surface area contributed by atoms with Gasteiger partial charge in [0.2, 0.25) is 0 Å². The normalized spacial score (nSPS) is 10.6. The number of carbonyl (C=O) groups excluding carboxylic acids is 2. The highest BCUT2D eigenvalue weighted by atomic mass is 16.5. The molecule has 0 fully saturated rings. The van der Waals surface area contributed by atoms with E-state index in [9.17, 15) is 9.59 Å². The Hall–Kier alpha value is -4.18. The SMILES string of the molecule is O=C(OCC(=O)N(Cc1ccccc1)Cc1ccccc1)C(c1ccccc1)c1ccccc1. The summed E-state index contributed by atoms with van der Waals surface area (Å²) in [6.07, 6.45) is 0. The molecule has 0 N–H and O–H groups in total. The van der Waals surface area contributed by atoms with Gasteiger partial charge in [0.1, 0.15) is 5.92 Å². The van der Waals surface area contributed by atoms with Crippen LogP contribution in [0.15, 0.2) is 121 Å². The molecule has 0 saturated carbocycles. The lowest BCUT2D eigenvalue weighted by Crippen LogP contribution is -2.34. The number of nitrogens with zero attached hydrogens (tertiary/aromatic N) is 1. The van der Waals surface area contributed by atoms with E-state index in [-0.39, 0.29) is 12.5 Å². The molecule has 170 valence electrons. The Morgan fingerprint density at radius 1 is 0.588 bits per heavy atom.